The Morgan fingerprint density at radius 1 is 1.07 bits per heavy atom. The molecule has 150 valence electrons. The summed E-state index contributed by atoms with van der Waals surface area (Å²) in [5.41, 5.74) is 0.412. The largest absolute Gasteiger partial charge is 0.452 e. The fourth-order valence-corrected chi connectivity index (χ4v) is 2.84. The van der Waals surface area contributed by atoms with E-state index in [1.807, 2.05) is 12.1 Å². The highest BCUT2D eigenvalue weighted by Gasteiger charge is 2.18. The maximum absolute atomic E-state index is 13.3. The number of nitrogens with one attached hydrogen (secondary N) is 1. The van der Waals surface area contributed by atoms with Crippen molar-refractivity contribution in [3.8, 4) is 0 Å². The molecule has 2 aromatic carbocycles. The van der Waals surface area contributed by atoms with Gasteiger partial charge in [-0.1, -0.05) is 41.4 Å². The lowest BCUT2D eigenvalue weighted by atomic mass is 10.2. The summed E-state index contributed by atoms with van der Waals surface area (Å²) in [6.07, 6.45) is 1.49. The van der Waals surface area contributed by atoms with E-state index >= 15 is 0 Å². The van der Waals surface area contributed by atoms with Crippen molar-refractivity contribution in [2.24, 2.45) is 0 Å². The van der Waals surface area contributed by atoms with Crippen LogP contribution in [0.3, 0.4) is 0 Å². The third-order valence-corrected chi connectivity index (χ3v) is 4.51. The van der Waals surface area contributed by atoms with Gasteiger partial charge in [0.15, 0.2) is 18.2 Å². The van der Waals surface area contributed by atoms with Crippen molar-refractivity contribution in [3.05, 3.63) is 81.5 Å². The molecule has 1 N–H and O–H groups in total. The highest BCUT2D eigenvalue weighted by Crippen LogP contribution is 2.21. The summed E-state index contributed by atoms with van der Waals surface area (Å²) in [5, 5.41) is 6.89. The van der Waals surface area contributed by atoms with E-state index in [-0.39, 0.29) is 10.6 Å². The van der Waals surface area contributed by atoms with Gasteiger partial charge in [-0.25, -0.2) is 18.3 Å². The minimum atomic E-state index is -1.26. The van der Waals surface area contributed by atoms with Gasteiger partial charge >= 0.3 is 5.97 Å². The summed E-state index contributed by atoms with van der Waals surface area (Å²) in [6.45, 7) is -0.349. The Bertz CT molecular complexity index is 1070. The quantitative estimate of drug-likeness (QED) is 0.458. The number of ether oxygens (including phenoxy) is 1. The second-order valence-corrected chi connectivity index (χ2v) is 6.65. The summed E-state index contributed by atoms with van der Waals surface area (Å²) >= 11 is 11.8. The Balaban J connectivity index is 1.61. The molecule has 6 nitrogen and oxygen atoms in total. The minimum Gasteiger partial charge on any atom is -0.452 e. The van der Waals surface area contributed by atoms with E-state index in [1.165, 1.54) is 10.9 Å². The number of esters is 1. The molecule has 0 bridgehead atoms. The Hall–Kier alpha value is -2.97. The first-order chi connectivity index (χ1) is 13.8. The molecule has 3 aromatic rings. The molecule has 29 heavy (non-hydrogen) atoms. The van der Waals surface area contributed by atoms with Gasteiger partial charge in [-0.2, -0.15) is 5.10 Å². The molecule has 1 aromatic heterocycles. The normalized spacial score (nSPS) is 10.6. The van der Waals surface area contributed by atoms with Crippen LogP contribution in [0.4, 0.5) is 14.6 Å². The number of aromatic nitrogens is 2. The fraction of sp³-hybridized carbons (Fsp3) is 0.105. The lowest BCUT2D eigenvalue weighted by Crippen LogP contribution is -2.23. The van der Waals surface area contributed by atoms with Crippen molar-refractivity contribution in [2.45, 2.75) is 6.54 Å². The van der Waals surface area contributed by atoms with E-state index in [4.69, 9.17) is 27.9 Å². The molecule has 0 radical (unpaired) electrons. The van der Waals surface area contributed by atoms with Crippen LogP contribution in [0.5, 0.6) is 0 Å². The first-order valence-electron chi connectivity index (χ1n) is 8.22. The van der Waals surface area contributed by atoms with Crippen LogP contribution >= 0.6 is 23.2 Å². The van der Waals surface area contributed by atoms with Gasteiger partial charge in [-0.3, -0.25) is 4.79 Å². The predicted molar refractivity (Wildman–Crippen MR) is 103 cm³/mol. The van der Waals surface area contributed by atoms with Crippen LogP contribution < -0.4 is 5.32 Å². The molecule has 0 atom stereocenters. The van der Waals surface area contributed by atoms with Gasteiger partial charge in [0.05, 0.1) is 23.3 Å². The van der Waals surface area contributed by atoms with Gasteiger partial charge < -0.3 is 10.1 Å². The SMILES string of the molecule is O=C(COC(=O)c1cc(F)c(F)cc1Cl)Nc1ccnn1Cc1ccccc1Cl. The third-order valence-electron chi connectivity index (χ3n) is 3.83. The van der Waals surface area contributed by atoms with E-state index in [1.54, 1.807) is 18.2 Å². The molecule has 1 amide bonds. The Kier molecular flexibility index (Phi) is 6.46. The third kappa shape index (κ3) is 5.10. The average molecular weight is 440 g/mol. The molecule has 0 saturated carbocycles. The van der Waals surface area contributed by atoms with Gasteiger partial charge in [0, 0.05) is 11.1 Å². The van der Waals surface area contributed by atoms with Crippen LogP contribution in [0, 0.1) is 11.6 Å². The maximum atomic E-state index is 13.3. The molecule has 0 aliphatic heterocycles. The number of hydrogen-bond donors (Lipinski definition) is 1. The van der Waals surface area contributed by atoms with Gasteiger partial charge in [0.25, 0.3) is 5.91 Å². The van der Waals surface area contributed by atoms with Crippen LogP contribution in [-0.4, -0.2) is 28.3 Å². The number of carbonyl (C=O) groups excluding carboxylic acids is 2. The van der Waals surface area contributed by atoms with E-state index in [0.29, 0.717) is 29.5 Å². The Morgan fingerprint density at radius 3 is 2.55 bits per heavy atom. The molecular weight excluding hydrogens is 427 g/mol. The molecule has 10 heteroatoms. The number of benzene rings is 2. The molecule has 0 spiro atoms. The van der Waals surface area contributed by atoms with Crippen LogP contribution in [0.25, 0.3) is 0 Å². The highest BCUT2D eigenvalue weighted by molar-refractivity contribution is 6.33. The van der Waals surface area contributed by atoms with Crippen molar-refractivity contribution in [2.75, 3.05) is 11.9 Å². The summed E-state index contributed by atoms with van der Waals surface area (Å²) in [4.78, 5) is 24.1. The molecule has 0 aliphatic rings. The predicted octanol–water partition coefficient (Wildman–Crippen LogP) is 4.31. The summed E-state index contributed by atoms with van der Waals surface area (Å²) < 4.78 is 32.7. The molecule has 0 fully saturated rings. The maximum Gasteiger partial charge on any atom is 0.340 e. The topological polar surface area (TPSA) is 73.2 Å². The zero-order valence-corrected chi connectivity index (χ0v) is 16.2. The molecule has 0 saturated heterocycles. The van der Waals surface area contributed by atoms with Gasteiger partial charge in [0.1, 0.15) is 5.82 Å². The molecule has 0 aliphatic carbocycles. The van der Waals surface area contributed by atoms with Crippen molar-refractivity contribution in [1.82, 2.24) is 9.78 Å². The van der Waals surface area contributed by atoms with E-state index < -0.39 is 30.1 Å². The smallest absolute Gasteiger partial charge is 0.340 e. The second-order valence-electron chi connectivity index (χ2n) is 5.84. The number of anilines is 1. The first kappa shape index (κ1) is 20.8. The van der Waals surface area contributed by atoms with E-state index in [0.717, 1.165) is 5.56 Å². The average Bonchev–Trinajstić information content (AvgIpc) is 3.11. The zero-order valence-electron chi connectivity index (χ0n) is 14.7. The van der Waals surface area contributed by atoms with Gasteiger partial charge in [0.2, 0.25) is 0 Å². The number of carbonyl (C=O) groups is 2. The minimum absolute atomic E-state index is 0.312. The summed E-state index contributed by atoms with van der Waals surface area (Å²) in [5.74, 6) is -3.81. The van der Waals surface area contributed by atoms with Crippen LogP contribution in [-0.2, 0) is 16.1 Å². The van der Waals surface area contributed by atoms with Gasteiger partial charge in [-0.05, 0) is 23.8 Å². The number of hydrogen-bond acceptors (Lipinski definition) is 4. The summed E-state index contributed by atoms with van der Waals surface area (Å²) in [7, 11) is 0. The standard InChI is InChI=1S/C19H13Cl2F2N3O3/c20-13-4-2-1-3-11(13)9-26-17(5-6-24-26)25-18(27)10-29-19(28)12-7-15(22)16(23)8-14(12)21/h1-8H,9-10H2,(H,25,27). The number of rotatable bonds is 6. The molecule has 3 rings (SSSR count). The highest BCUT2D eigenvalue weighted by atomic mass is 35.5. The van der Waals surface area contributed by atoms with E-state index in [2.05, 4.69) is 10.4 Å². The monoisotopic (exact) mass is 439 g/mol. The van der Waals surface area contributed by atoms with Crippen LogP contribution in [0.2, 0.25) is 10.0 Å². The molecule has 1 heterocycles. The lowest BCUT2D eigenvalue weighted by molar-refractivity contribution is -0.119. The first-order valence-corrected chi connectivity index (χ1v) is 8.97. The van der Waals surface area contributed by atoms with Crippen molar-refractivity contribution >= 4 is 40.9 Å². The second kappa shape index (κ2) is 9.02. The number of nitrogens with zero attached hydrogens (tertiary/aromatic N) is 2. The van der Waals surface area contributed by atoms with Crippen molar-refractivity contribution in [1.29, 1.82) is 0 Å². The van der Waals surface area contributed by atoms with Crippen molar-refractivity contribution < 1.29 is 23.1 Å². The number of amides is 1. The molecule has 0 unspecified atom stereocenters. The zero-order chi connectivity index (χ0) is 21.0. The van der Waals surface area contributed by atoms with Crippen LogP contribution in [0.15, 0.2) is 48.7 Å². The van der Waals surface area contributed by atoms with Crippen LogP contribution in [0.1, 0.15) is 15.9 Å². The van der Waals surface area contributed by atoms with Gasteiger partial charge in [-0.15, -0.1) is 0 Å². The van der Waals surface area contributed by atoms with E-state index in [9.17, 15) is 18.4 Å². The Labute approximate surface area is 174 Å². The summed E-state index contributed by atoms with van der Waals surface area (Å²) in [6, 6.07) is 10.0. The lowest BCUT2D eigenvalue weighted by Gasteiger charge is -2.11. The Morgan fingerprint density at radius 2 is 1.79 bits per heavy atom. The van der Waals surface area contributed by atoms with Crippen molar-refractivity contribution in [3.63, 3.8) is 0 Å². The molecular formula is C19H13Cl2F2N3O3. The number of halogens is 4. The fourth-order valence-electron chi connectivity index (χ4n) is 2.42.